The van der Waals surface area contributed by atoms with E-state index in [4.69, 9.17) is 22.5 Å². The number of hydrogen-bond donors (Lipinski definition) is 2. The van der Waals surface area contributed by atoms with Crippen LogP contribution in [-0.4, -0.2) is 46.6 Å². The van der Waals surface area contributed by atoms with Gasteiger partial charge in [-0.2, -0.15) is 9.40 Å². The van der Waals surface area contributed by atoms with E-state index in [2.05, 4.69) is 10.3 Å². The largest absolute Gasteiger partial charge is 0.409 e. The lowest BCUT2D eigenvalue weighted by Gasteiger charge is -2.23. The van der Waals surface area contributed by atoms with E-state index in [0.717, 1.165) is 4.31 Å². The van der Waals surface area contributed by atoms with Crippen LogP contribution in [0.2, 0.25) is 5.02 Å². The quantitative estimate of drug-likeness (QED) is 0.349. The van der Waals surface area contributed by atoms with E-state index in [0.29, 0.717) is 0 Å². The molecule has 0 saturated heterocycles. The molecule has 1 aromatic rings. The predicted octanol–water partition coefficient (Wildman–Crippen LogP) is 0.219. The van der Waals surface area contributed by atoms with Gasteiger partial charge in [0.25, 0.3) is 10.0 Å². The molecule has 0 amide bonds. The molecule has 0 spiro atoms. The summed E-state index contributed by atoms with van der Waals surface area (Å²) in [6, 6.07) is -0.494. The molecule has 8 nitrogen and oxygen atoms in total. The number of nitrogens with zero attached hydrogens (tertiary/aromatic N) is 4. The summed E-state index contributed by atoms with van der Waals surface area (Å²) < 4.78 is 27.1. The molecule has 1 aromatic heterocycles. The molecular weight excluding hydrogens is 294 g/mol. The fraction of sp³-hybridized carbons (Fsp3) is 0.556. The lowest BCUT2D eigenvalue weighted by Crippen LogP contribution is -2.38. The van der Waals surface area contributed by atoms with Crippen LogP contribution in [0.3, 0.4) is 0 Å². The number of sulfonamides is 1. The summed E-state index contributed by atoms with van der Waals surface area (Å²) in [6.07, 6.45) is 1.36. The van der Waals surface area contributed by atoms with Crippen molar-refractivity contribution in [1.82, 2.24) is 14.1 Å². The number of aromatic nitrogens is 2. The van der Waals surface area contributed by atoms with Crippen LogP contribution in [0.4, 0.5) is 0 Å². The zero-order valence-electron chi connectivity index (χ0n) is 10.8. The Morgan fingerprint density at radius 2 is 2.32 bits per heavy atom. The SMILES string of the molecule is CC(CC(N)=NO)N(C)S(=O)(=O)c1c(Cl)cnn1C. The van der Waals surface area contributed by atoms with Crippen molar-refractivity contribution in [1.29, 1.82) is 0 Å². The molecule has 3 N–H and O–H groups in total. The first-order valence-corrected chi connectivity index (χ1v) is 7.15. The van der Waals surface area contributed by atoms with Gasteiger partial charge in [-0.3, -0.25) is 4.68 Å². The van der Waals surface area contributed by atoms with Crippen LogP contribution in [0.1, 0.15) is 13.3 Å². The van der Waals surface area contributed by atoms with Crippen molar-refractivity contribution >= 4 is 27.5 Å². The van der Waals surface area contributed by atoms with Gasteiger partial charge in [0, 0.05) is 26.6 Å². The van der Waals surface area contributed by atoms with Gasteiger partial charge in [-0.15, -0.1) is 0 Å². The Morgan fingerprint density at radius 1 is 1.74 bits per heavy atom. The highest BCUT2D eigenvalue weighted by Crippen LogP contribution is 2.24. The summed E-state index contributed by atoms with van der Waals surface area (Å²) in [4.78, 5) is 0. The molecule has 0 aliphatic rings. The first-order chi connectivity index (χ1) is 8.71. The number of aryl methyl sites for hydroxylation is 1. The molecule has 0 aliphatic heterocycles. The average molecular weight is 310 g/mol. The van der Waals surface area contributed by atoms with Crippen molar-refractivity contribution in [3.63, 3.8) is 0 Å². The highest BCUT2D eigenvalue weighted by atomic mass is 35.5. The van der Waals surface area contributed by atoms with E-state index in [1.165, 1.54) is 25.0 Å². The van der Waals surface area contributed by atoms with E-state index < -0.39 is 16.1 Å². The van der Waals surface area contributed by atoms with Crippen LogP contribution in [0, 0.1) is 0 Å². The number of amidine groups is 1. The van der Waals surface area contributed by atoms with Gasteiger partial charge in [0.05, 0.1) is 11.2 Å². The second kappa shape index (κ2) is 5.76. The number of oxime groups is 1. The van der Waals surface area contributed by atoms with Crippen LogP contribution in [0.25, 0.3) is 0 Å². The molecule has 1 unspecified atom stereocenters. The third-order valence-corrected chi connectivity index (χ3v) is 5.20. The van der Waals surface area contributed by atoms with Crippen LogP contribution >= 0.6 is 11.6 Å². The Hall–Kier alpha value is -1.32. The molecule has 19 heavy (non-hydrogen) atoms. The maximum atomic E-state index is 12.4. The Kier molecular flexibility index (Phi) is 4.77. The molecule has 0 fully saturated rings. The molecule has 0 saturated carbocycles. The Bertz CT molecular complexity index is 563. The number of rotatable bonds is 5. The predicted molar refractivity (Wildman–Crippen MR) is 70.7 cm³/mol. The van der Waals surface area contributed by atoms with E-state index in [-0.39, 0.29) is 22.3 Å². The second-order valence-electron chi connectivity index (χ2n) is 4.09. The Labute approximate surface area is 116 Å². The Balaban J connectivity index is 3.08. The van der Waals surface area contributed by atoms with Crippen LogP contribution in [0.5, 0.6) is 0 Å². The van der Waals surface area contributed by atoms with Crippen molar-refractivity contribution in [2.75, 3.05) is 7.05 Å². The minimum atomic E-state index is -3.80. The number of hydrogen-bond acceptors (Lipinski definition) is 5. The van der Waals surface area contributed by atoms with Gasteiger partial charge in [-0.25, -0.2) is 8.42 Å². The summed E-state index contributed by atoms with van der Waals surface area (Å²) in [5, 5.41) is 15.1. The molecule has 1 rings (SSSR count). The first-order valence-electron chi connectivity index (χ1n) is 5.33. The fourth-order valence-electron chi connectivity index (χ4n) is 1.54. The average Bonchev–Trinajstić information content (AvgIpc) is 2.68. The van der Waals surface area contributed by atoms with Gasteiger partial charge < -0.3 is 10.9 Å². The van der Waals surface area contributed by atoms with E-state index >= 15 is 0 Å². The van der Waals surface area contributed by atoms with Gasteiger partial charge >= 0.3 is 0 Å². The van der Waals surface area contributed by atoms with Crippen LogP contribution in [0.15, 0.2) is 16.4 Å². The molecule has 0 aliphatic carbocycles. The normalized spacial score (nSPS) is 14.9. The maximum absolute atomic E-state index is 12.4. The highest BCUT2D eigenvalue weighted by Gasteiger charge is 2.30. The molecule has 0 aromatic carbocycles. The van der Waals surface area contributed by atoms with Crippen LogP contribution < -0.4 is 5.73 Å². The lowest BCUT2D eigenvalue weighted by atomic mass is 10.2. The van der Waals surface area contributed by atoms with Gasteiger partial charge in [0.2, 0.25) is 0 Å². The minimum absolute atomic E-state index is 0.0466. The third kappa shape index (κ3) is 3.17. The molecule has 1 heterocycles. The van der Waals surface area contributed by atoms with Crippen molar-refractivity contribution in [3.05, 3.63) is 11.2 Å². The number of nitrogens with two attached hydrogens (primary N) is 1. The van der Waals surface area contributed by atoms with Gasteiger partial charge in [0.1, 0.15) is 5.84 Å². The van der Waals surface area contributed by atoms with E-state index in [1.807, 2.05) is 0 Å². The standard InChI is InChI=1S/C9H16ClN5O3S/c1-6(4-8(11)13-16)15(3)19(17,18)9-7(10)5-12-14(9)2/h5-6,16H,4H2,1-3H3,(H2,11,13). The molecule has 10 heteroatoms. The summed E-state index contributed by atoms with van der Waals surface area (Å²) in [5.41, 5.74) is 5.37. The van der Waals surface area contributed by atoms with E-state index in [9.17, 15) is 8.42 Å². The van der Waals surface area contributed by atoms with Crippen LogP contribution in [-0.2, 0) is 17.1 Å². The first kappa shape index (κ1) is 15.7. The summed E-state index contributed by atoms with van der Waals surface area (Å²) in [6.45, 7) is 1.64. The monoisotopic (exact) mass is 309 g/mol. The smallest absolute Gasteiger partial charge is 0.261 e. The molecule has 108 valence electrons. The zero-order valence-corrected chi connectivity index (χ0v) is 12.4. The summed E-state index contributed by atoms with van der Waals surface area (Å²) in [5.74, 6) is -0.0503. The maximum Gasteiger partial charge on any atom is 0.261 e. The Morgan fingerprint density at radius 3 is 2.74 bits per heavy atom. The summed E-state index contributed by atoms with van der Waals surface area (Å²) in [7, 11) is -0.917. The minimum Gasteiger partial charge on any atom is -0.409 e. The van der Waals surface area contributed by atoms with Crippen molar-refractivity contribution < 1.29 is 13.6 Å². The van der Waals surface area contributed by atoms with E-state index in [1.54, 1.807) is 6.92 Å². The molecule has 0 bridgehead atoms. The summed E-state index contributed by atoms with van der Waals surface area (Å²) >= 11 is 5.83. The fourth-order valence-corrected chi connectivity index (χ4v) is 3.49. The highest BCUT2D eigenvalue weighted by molar-refractivity contribution is 7.89. The van der Waals surface area contributed by atoms with Crippen molar-refractivity contribution in [3.8, 4) is 0 Å². The third-order valence-electron chi connectivity index (χ3n) is 2.72. The molecular formula is C9H16ClN5O3S. The lowest BCUT2D eigenvalue weighted by molar-refractivity contribution is 0.313. The molecule has 1 atom stereocenters. The van der Waals surface area contributed by atoms with Gasteiger partial charge in [-0.05, 0) is 6.92 Å². The zero-order chi connectivity index (χ0) is 14.8. The number of halogens is 1. The van der Waals surface area contributed by atoms with Gasteiger partial charge in [-0.1, -0.05) is 16.8 Å². The van der Waals surface area contributed by atoms with Gasteiger partial charge in [0.15, 0.2) is 5.03 Å². The van der Waals surface area contributed by atoms with Crippen molar-refractivity contribution in [2.24, 2.45) is 17.9 Å². The molecule has 0 radical (unpaired) electrons. The topological polar surface area (TPSA) is 114 Å². The van der Waals surface area contributed by atoms with Crippen molar-refractivity contribution in [2.45, 2.75) is 24.4 Å². The second-order valence-corrected chi connectivity index (χ2v) is 6.41.